The molecule has 38 heavy (non-hydrogen) atoms. The molecule has 1 aromatic rings. The van der Waals surface area contributed by atoms with E-state index in [0.717, 1.165) is 0 Å². The van der Waals surface area contributed by atoms with E-state index in [0.29, 0.717) is 15.5 Å². The van der Waals surface area contributed by atoms with Crippen LogP contribution in [0.4, 0.5) is 0 Å². The molecule has 0 fully saturated rings. The topological polar surface area (TPSA) is 0 Å². The quantitative estimate of drug-likeness (QED) is 0.179. The molecular weight excluding hydrogens is 569 g/mol. The van der Waals surface area contributed by atoms with Crippen molar-refractivity contribution >= 4 is 62.4 Å². The fourth-order valence-corrected chi connectivity index (χ4v) is 48.7. The van der Waals surface area contributed by atoms with Crippen LogP contribution in [0.25, 0.3) is 0 Å². The highest BCUT2D eigenvalue weighted by Crippen LogP contribution is 2.44. The SMILES string of the molecule is C#C[Si](C#C)c1c(C([Si](C)(C)C)[Si](C)(C)C)cc(C([Si](C)(C)C)[Si](C)(C)C)cc1C([Si](C)(C)C)[Si](C)(C)C. The first-order valence-electron chi connectivity index (χ1n) is 14.6. The predicted molar refractivity (Wildman–Crippen MR) is 198 cm³/mol. The minimum absolute atomic E-state index is 0.637. The van der Waals surface area contributed by atoms with E-state index in [-0.39, 0.29) is 0 Å². The van der Waals surface area contributed by atoms with Gasteiger partial charge in [0, 0.05) is 48.4 Å². The Bertz CT molecular complexity index is 954. The van der Waals surface area contributed by atoms with Gasteiger partial charge in [-0.3, -0.25) is 0 Å². The first-order chi connectivity index (χ1) is 16.6. The van der Waals surface area contributed by atoms with Crippen LogP contribution < -0.4 is 5.19 Å². The van der Waals surface area contributed by atoms with Crippen LogP contribution in [0.15, 0.2) is 12.1 Å². The maximum absolute atomic E-state index is 6.34. The smallest absolute Gasteiger partial charge is 0.126 e. The van der Waals surface area contributed by atoms with Gasteiger partial charge in [0.25, 0.3) is 8.80 Å². The van der Waals surface area contributed by atoms with E-state index in [2.05, 4.69) is 141 Å². The molecule has 0 nitrogen and oxygen atoms in total. The van der Waals surface area contributed by atoms with Crippen molar-refractivity contribution in [1.29, 1.82) is 0 Å². The van der Waals surface area contributed by atoms with Crippen molar-refractivity contribution < 1.29 is 0 Å². The highest BCUT2D eigenvalue weighted by Gasteiger charge is 2.47. The third-order valence-electron chi connectivity index (χ3n) is 7.91. The van der Waals surface area contributed by atoms with Gasteiger partial charge in [0.15, 0.2) is 0 Å². The molecule has 0 heterocycles. The lowest BCUT2D eigenvalue weighted by molar-refractivity contribution is 1.10. The second-order valence-electron chi connectivity index (χ2n) is 18.2. The van der Waals surface area contributed by atoms with Crippen molar-refractivity contribution in [3.8, 4) is 23.9 Å². The van der Waals surface area contributed by atoms with Crippen molar-refractivity contribution in [1.82, 2.24) is 0 Å². The highest BCUT2D eigenvalue weighted by atomic mass is 28.4. The van der Waals surface area contributed by atoms with Crippen molar-refractivity contribution in [2.75, 3.05) is 0 Å². The molecule has 0 saturated heterocycles. The number of terminal acetylenes is 2. The van der Waals surface area contributed by atoms with Gasteiger partial charge < -0.3 is 0 Å². The molecule has 1 rings (SSSR count). The van der Waals surface area contributed by atoms with E-state index < -0.39 is 57.2 Å². The molecule has 0 aliphatic heterocycles. The van der Waals surface area contributed by atoms with Gasteiger partial charge in [-0.25, -0.2) is 0 Å². The van der Waals surface area contributed by atoms with Crippen LogP contribution in [0, 0.1) is 23.9 Å². The Kier molecular flexibility index (Phi) is 11.0. The molecule has 0 aliphatic carbocycles. The third-order valence-corrected chi connectivity index (χ3v) is 37.5. The summed E-state index contributed by atoms with van der Waals surface area (Å²) in [6.45, 7) is 46.7. The van der Waals surface area contributed by atoms with Crippen molar-refractivity contribution in [3.63, 3.8) is 0 Å². The Morgan fingerprint density at radius 2 is 0.711 bits per heavy atom. The van der Waals surface area contributed by atoms with Crippen LogP contribution in [0.1, 0.15) is 32.2 Å². The molecule has 7 heteroatoms. The van der Waals surface area contributed by atoms with Gasteiger partial charge in [-0.15, -0.1) is 23.9 Å². The summed E-state index contributed by atoms with van der Waals surface area (Å²) in [4.78, 5) is 0. The standard InChI is InChI=1S/C31H61Si7/c1-21-32(22-2)28-26(30(35(9,10)11)36(12,13)14)23-25(29(33(3,4)5)34(6,7)8)24-27(28)31(37(15,16)17)38(18,19)20/h1-2,23-24,29-31H,3-20H3. The van der Waals surface area contributed by atoms with Crippen molar-refractivity contribution in [2.45, 2.75) is 133 Å². The van der Waals surface area contributed by atoms with Crippen LogP contribution >= 0.6 is 0 Å². The molecule has 0 atom stereocenters. The normalized spacial score (nSPS) is 14.4. The summed E-state index contributed by atoms with van der Waals surface area (Å²) in [6, 6.07) is 5.43. The molecule has 0 bridgehead atoms. The molecule has 1 aromatic carbocycles. The average Bonchev–Trinajstić information content (AvgIpc) is 2.57. The summed E-state index contributed by atoms with van der Waals surface area (Å²) < 4.78 is 0. The first kappa shape index (κ1) is 35.9. The Balaban J connectivity index is 4.69. The molecule has 0 amide bonds. The molecule has 213 valence electrons. The number of benzene rings is 1. The molecule has 0 unspecified atom stereocenters. The second kappa shape index (κ2) is 11.6. The Hall–Kier alpha value is -0.142. The minimum Gasteiger partial charge on any atom is -0.126 e. The molecule has 0 aromatic heterocycles. The maximum Gasteiger partial charge on any atom is 0.267 e. The lowest BCUT2D eigenvalue weighted by Crippen LogP contribution is -2.54. The second-order valence-corrected chi connectivity index (χ2v) is 53.6. The first-order valence-corrected chi connectivity index (χ1v) is 37.5. The van der Waals surface area contributed by atoms with Crippen LogP contribution in [0.5, 0.6) is 0 Å². The van der Waals surface area contributed by atoms with Crippen LogP contribution in [-0.2, 0) is 0 Å². The number of rotatable bonds is 10. The summed E-state index contributed by atoms with van der Waals surface area (Å²) >= 11 is 0. The zero-order valence-corrected chi connectivity index (χ0v) is 35.5. The zero-order valence-electron chi connectivity index (χ0n) is 28.5. The maximum atomic E-state index is 6.34. The number of hydrogen-bond donors (Lipinski definition) is 0. The summed E-state index contributed by atoms with van der Waals surface area (Å²) in [7, 11) is -10.8. The van der Waals surface area contributed by atoms with Gasteiger partial charge >= 0.3 is 0 Å². The van der Waals surface area contributed by atoms with Gasteiger partial charge in [0.05, 0.1) is 0 Å². The summed E-state index contributed by atoms with van der Waals surface area (Å²) in [5.41, 5.74) is 11.3. The van der Waals surface area contributed by atoms with Crippen LogP contribution in [0.3, 0.4) is 0 Å². The lowest BCUT2D eigenvalue weighted by atomic mass is 10.1. The number of hydrogen-bond acceptors (Lipinski definition) is 0. The van der Waals surface area contributed by atoms with Gasteiger partial charge in [-0.2, -0.15) is 0 Å². The van der Waals surface area contributed by atoms with Crippen LogP contribution in [-0.4, -0.2) is 57.2 Å². The lowest BCUT2D eigenvalue weighted by Gasteiger charge is -2.46. The van der Waals surface area contributed by atoms with Gasteiger partial charge in [-0.1, -0.05) is 130 Å². The fourth-order valence-electron chi connectivity index (χ4n) is 8.57. The molecule has 0 aliphatic rings. The van der Waals surface area contributed by atoms with E-state index in [1.165, 1.54) is 5.19 Å². The van der Waals surface area contributed by atoms with E-state index in [4.69, 9.17) is 12.8 Å². The van der Waals surface area contributed by atoms with Gasteiger partial charge in [0.2, 0.25) is 0 Å². The summed E-state index contributed by atoms with van der Waals surface area (Å²) in [6.07, 6.45) is 12.7. The Morgan fingerprint density at radius 3 is 0.895 bits per heavy atom. The molecular formula is C31H61Si7. The van der Waals surface area contributed by atoms with E-state index in [1.807, 2.05) is 0 Å². The van der Waals surface area contributed by atoms with E-state index >= 15 is 0 Å². The summed E-state index contributed by atoms with van der Waals surface area (Å²) in [5, 5.41) is 3.47. The largest absolute Gasteiger partial charge is 0.267 e. The van der Waals surface area contributed by atoms with Gasteiger partial charge in [-0.05, 0) is 37.4 Å². The van der Waals surface area contributed by atoms with Gasteiger partial charge in [0.1, 0.15) is 0 Å². The van der Waals surface area contributed by atoms with Crippen LogP contribution in [0.2, 0.25) is 118 Å². The highest BCUT2D eigenvalue weighted by molar-refractivity contribution is 6.99. The molecule has 1 radical (unpaired) electrons. The average molecular weight is 630 g/mol. The fraction of sp³-hybridized carbons (Fsp3) is 0.677. The summed E-state index contributed by atoms with van der Waals surface area (Å²) in [5.74, 6) is 0. The van der Waals surface area contributed by atoms with Crippen molar-refractivity contribution in [3.05, 3.63) is 28.8 Å². The van der Waals surface area contributed by atoms with E-state index in [9.17, 15) is 0 Å². The van der Waals surface area contributed by atoms with Crippen molar-refractivity contribution in [2.24, 2.45) is 0 Å². The third kappa shape index (κ3) is 8.44. The molecule has 0 saturated carbocycles. The zero-order chi connectivity index (χ0) is 30.4. The van der Waals surface area contributed by atoms with E-state index in [1.54, 1.807) is 16.7 Å². The Morgan fingerprint density at radius 1 is 0.474 bits per heavy atom. The minimum atomic E-state index is -1.58. The molecule has 0 spiro atoms. The monoisotopic (exact) mass is 629 g/mol. The molecule has 0 N–H and O–H groups in total. The predicted octanol–water partition coefficient (Wildman–Crippen LogP) is 9.25. The Labute approximate surface area is 247 Å².